The van der Waals surface area contributed by atoms with Crippen molar-refractivity contribution < 1.29 is 9.21 Å². The zero-order valence-corrected chi connectivity index (χ0v) is 9.70. The second-order valence-electron chi connectivity index (χ2n) is 3.53. The van der Waals surface area contributed by atoms with Crippen molar-refractivity contribution in [3.63, 3.8) is 0 Å². The molecule has 0 atom stereocenters. The van der Waals surface area contributed by atoms with E-state index >= 15 is 0 Å². The standard InChI is InChI=1S/C11H15N3O2/c1-4-5-10(15)12-6-9-8-16-11(13-9)7-14(2)3/h8H,6-7H2,1-3H3,(H,12,15). The van der Waals surface area contributed by atoms with Gasteiger partial charge in [-0.2, -0.15) is 0 Å². The molecule has 1 heterocycles. The maximum atomic E-state index is 11.0. The van der Waals surface area contributed by atoms with Crippen molar-refractivity contribution in [2.24, 2.45) is 0 Å². The van der Waals surface area contributed by atoms with Gasteiger partial charge in [-0.1, -0.05) is 5.92 Å². The van der Waals surface area contributed by atoms with Crippen LogP contribution in [0.4, 0.5) is 0 Å². The third kappa shape index (κ3) is 4.15. The van der Waals surface area contributed by atoms with Crippen molar-refractivity contribution in [1.29, 1.82) is 0 Å². The van der Waals surface area contributed by atoms with E-state index in [0.29, 0.717) is 24.7 Å². The average molecular weight is 221 g/mol. The van der Waals surface area contributed by atoms with Crippen molar-refractivity contribution in [1.82, 2.24) is 15.2 Å². The van der Waals surface area contributed by atoms with Crippen LogP contribution in [0.15, 0.2) is 10.7 Å². The summed E-state index contributed by atoms with van der Waals surface area (Å²) in [4.78, 5) is 17.2. The minimum Gasteiger partial charge on any atom is -0.447 e. The largest absolute Gasteiger partial charge is 0.447 e. The van der Waals surface area contributed by atoms with E-state index in [1.807, 2.05) is 19.0 Å². The Morgan fingerprint density at radius 2 is 2.38 bits per heavy atom. The van der Waals surface area contributed by atoms with Crippen molar-refractivity contribution in [3.8, 4) is 11.8 Å². The second-order valence-corrected chi connectivity index (χ2v) is 3.53. The number of nitrogens with zero attached hydrogens (tertiary/aromatic N) is 2. The van der Waals surface area contributed by atoms with Crippen molar-refractivity contribution in [2.75, 3.05) is 14.1 Å². The Bertz CT molecular complexity index is 412. The van der Waals surface area contributed by atoms with Crippen LogP contribution in [0, 0.1) is 11.8 Å². The molecule has 0 aliphatic rings. The fourth-order valence-corrected chi connectivity index (χ4v) is 1.10. The molecule has 1 amide bonds. The summed E-state index contributed by atoms with van der Waals surface area (Å²) < 4.78 is 5.23. The summed E-state index contributed by atoms with van der Waals surface area (Å²) in [6.07, 6.45) is 1.54. The van der Waals surface area contributed by atoms with Gasteiger partial charge in [0.2, 0.25) is 5.89 Å². The molecule has 1 rings (SSSR count). The monoisotopic (exact) mass is 221 g/mol. The van der Waals surface area contributed by atoms with E-state index in [1.54, 1.807) is 13.2 Å². The molecule has 86 valence electrons. The van der Waals surface area contributed by atoms with Crippen LogP contribution in [-0.4, -0.2) is 29.9 Å². The SMILES string of the molecule is CC#CC(=O)NCc1coc(CN(C)C)n1. The fourth-order valence-electron chi connectivity index (χ4n) is 1.10. The van der Waals surface area contributed by atoms with Gasteiger partial charge in [-0.3, -0.25) is 4.79 Å². The van der Waals surface area contributed by atoms with Crippen LogP contribution in [-0.2, 0) is 17.9 Å². The highest BCUT2D eigenvalue weighted by atomic mass is 16.3. The molecule has 0 saturated carbocycles. The van der Waals surface area contributed by atoms with Crippen LogP contribution in [0.1, 0.15) is 18.5 Å². The number of oxazole rings is 1. The predicted octanol–water partition coefficient (Wildman–Crippen LogP) is 0.376. The van der Waals surface area contributed by atoms with Gasteiger partial charge >= 0.3 is 0 Å². The Kier molecular flexibility index (Phi) is 4.55. The predicted molar refractivity (Wildman–Crippen MR) is 59.2 cm³/mol. The van der Waals surface area contributed by atoms with Crippen LogP contribution in [0.3, 0.4) is 0 Å². The molecule has 0 aromatic carbocycles. The summed E-state index contributed by atoms with van der Waals surface area (Å²) in [5.41, 5.74) is 0.697. The van der Waals surface area contributed by atoms with Gasteiger partial charge in [0.1, 0.15) is 6.26 Å². The van der Waals surface area contributed by atoms with Crippen LogP contribution in [0.25, 0.3) is 0 Å². The summed E-state index contributed by atoms with van der Waals surface area (Å²) in [5.74, 6) is 5.24. The van der Waals surface area contributed by atoms with Gasteiger partial charge in [0.05, 0.1) is 18.8 Å². The Balaban J connectivity index is 2.45. The first-order valence-electron chi connectivity index (χ1n) is 4.90. The lowest BCUT2D eigenvalue weighted by Gasteiger charge is -2.03. The molecule has 1 aromatic heterocycles. The Morgan fingerprint density at radius 1 is 1.62 bits per heavy atom. The first-order valence-corrected chi connectivity index (χ1v) is 4.90. The summed E-state index contributed by atoms with van der Waals surface area (Å²) in [5, 5.41) is 2.62. The lowest BCUT2D eigenvalue weighted by atomic mass is 10.4. The highest BCUT2D eigenvalue weighted by Crippen LogP contribution is 2.03. The first kappa shape index (κ1) is 12.3. The third-order valence-electron chi connectivity index (χ3n) is 1.72. The summed E-state index contributed by atoms with van der Waals surface area (Å²) in [7, 11) is 3.87. The van der Waals surface area contributed by atoms with E-state index in [9.17, 15) is 4.79 Å². The van der Waals surface area contributed by atoms with Gasteiger partial charge in [0.15, 0.2) is 0 Å². The molecule has 0 radical (unpaired) electrons. The minimum atomic E-state index is -0.306. The Hall–Kier alpha value is -1.80. The normalized spacial score (nSPS) is 9.75. The van der Waals surface area contributed by atoms with Crippen LogP contribution < -0.4 is 5.32 Å². The molecular formula is C11H15N3O2. The minimum absolute atomic E-state index is 0.306. The van der Waals surface area contributed by atoms with E-state index in [0.717, 1.165) is 0 Å². The molecule has 0 unspecified atom stereocenters. The zero-order chi connectivity index (χ0) is 12.0. The van der Waals surface area contributed by atoms with E-state index < -0.39 is 0 Å². The van der Waals surface area contributed by atoms with Crippen molar-refractivity contribution in [2.45, 2.75) is 20.0 Å². The number of aromatic nitrogens is 1. The topological polar surface area (TPSA) is 58.4 Å². The molecule has 16 heavy (non-hydrogen) atoms. The molecule has 0 aliphatic carbocycles. The number of carbonyl (C=O) groups is 1. The lowest BCUT2D eigenvalue weighted by molar-refractivity contribution is -0.115. The zero-order valence-electron chi connectivity index (χ0n) is 9.70. The molecule has 5 nitrogen and oxygen atoms in total. The van der Waals surface area contributed by atoms with Gasteiger partial charge < -0.3 is 14.6 Å². The first-order chi connectivity index (χ1) is 7.61. The summed E-state index contributed by atoms with van der Waals surface area (Å²) in [6.45, 7) is 2.60. The smallest absolute Gasteiger partial charge is 0.296 e. The highest BCUT2D eigenvalue weighted by Gasteiger charge is 2.05. The Morgan fingerprint density at radius 3 is 3.00 bits per heavy atom. The van der Waals surface area contributed by atoms with Crippen LogP contribution >= 0.6 is 0 Å². The quantitative estimate of drug-likeness (QED) is 0.746. The van der Waals surface area contributed by atoms with Gasteiger partial charge in [-0.05, 0) is 26.9 Å². The van der Waals surface area contributed by atoms with Crippen LogP contribution in [0.5, 0.6) is 0 Å². The molecule has 0 fully saturated rings. The molecule has 0 aliphatic heterocycles. The van der Waals surface area contributed by atoms with Gasteiger partial charge in [0.25, 0.3) is 5.91 Å². The molecule has 1 N–H and O–H groups in total. The summed E-state index contributed by atoms with van der Waals surface area (Å²) in [6, 6.07) is 0. The molecule has 0 spiro atoms. The highest BCUT2D eigenvalue weighted by molar-refractivity contribution is 5.93. The molecule has 0 bridgehead atoms. The number of hydrogen-bond donors (Lipinski definition) is 1. The Labute approximate surface area is 94.8 Å². The van der Waals surface area contributed by atoms with Crippen molar-refractivity contribution in [3.05, 3.63) is 17.8 Å². The molecular weight excluding hydrogens is 206 g/mol. The van der Waals surface area contributed by atoms with E-state index in [4.69, 9.17) is 4.42 Å². The molecule has 1 aromatic rings. The van der Waals surface area contributed by atoms with Gasteiger partial charge in [0, 0.05) is 0 Å². The lowest BCUT2D eigenvalue weighted by Crippen LogP contribution is -2.21. The average Bonchev–Trinajstić information content (AvgIpc) is 2.62. The van der Waals surface area contributed by atoms with Crippen molar-refractivity contribution >= 4 is 5.91 Å². The van der Waals surface area contributed by atoms with E-state index in [2.05, 4.69) is 22.1 Å². The third-order valence-corrected chi connectivity index (χ3v) is 1.72. The second kappa shape index (κ2) is 5.93. The number of amides is 1. The maximum absolute atomic E-state index is 11.0. The van der Waals surface area contributed by atoms with Crippen LogP contribution in [0.2, 0.25) is 0 Å². The van der Waals surface area contributed by atoms with Gasteiger partial charge in [-0.15, -0.1) is 0 Å². The summed E-state index contributed by atoms with van der Waals surface area (Å²) >= 11 is 0. The fraction of sp³-hybridized carbons (Fsp3) is 0.455. The number of carbonyl (C=O) groups excluding carboxylic acids is 1. The number of hydrogen-bond acceptors (Lipinski definition) is 4. The number of nitrogens with one attached hydrogen (secondary N) is 1. The number of rotatable bonds is 4. The van der Waals surface area contributed by atoms with E-state index in [1.165, 1.54) is 0 Å². The van der Waals surface area contributed by atoms with E-state index in [-0.39, 0.29) is 5.91 Å². The van der Waals surface area contributed by atoms with Gasteiger partial charge in [-0.25, -0.2) is 4.98 Å². The molecule has 5 heteroatoms. The maximum Gasteiger partial charge on any atom is 0.296 e. The molecule has 0 saturated heterocycles.